The first-order valence-electron chi connectivity index (χ1n) is 7.68. The van der Waals surface area contributed by atoms with Crippen molar-refractivity contribution < 1.29 is 23.8 Å². The van der Waals surface area contributed by atoms with Crippen LogP contribution in [0, 0.1) is 0 Å². The maximum atomic E-state index is 12.5. The summed E-state index contributed by atoms with van der Waals surface area (Å²) < 4.78 is 15.9. The van der Waals surface area contributed by atoms with Crippen molar-refractivity contribution in [2.24, 2.45) is 0 Å². The van der Waals surface area contributed by atoms with Crippen molar-refractivity contribution in [3.05, 3.63) is 35.0 Å². The zero-order valence-corrected chi connectivity index (χ0v) is 15.5. The van der Waals surface area contributed by atoms with Gasteiger partial charge in [0.2, 0.25) is 0 Å². The third-order valence-corrected chi connectivity index (χ3v) is 4.33. The maximum absolute atomic E-state index is 12.5. The third-order valence-electron chi connectivity index (χ3n) is 3.75. The minimum Gasteiger partial charge on any atom is -0.493 e. The monoisotopic (exact) mass is 366 g/mol. The summed E-state index contributed by atoms with van der Waals surface area (Å²) in [6.45, 7) is 1.99. The van der Waals surface area contributed by atoms with Crippen LogP contribution in [0.2, 0.25) is 0 Å². The number of hydrogen-bond donors (Lipinski definition) is 2. The number of carbonyl (C=O) groups is 2. The molecule has 1 aromatic carbocycles. The van der Waals surface area contributed by atoms with Crippen molar-refractivity contribution in [2.75, 3.05) is 32.8 Å². The Bertz CT molecular complexity index is 690. The first-order valence-corrected chi connectivity index (χ1v) is 9.07. The fourth-order valence-corrected chi connectivity index (χ4v) is 2.79. The van der Waals surface area contributed by atoms with Crippen LogP contribution in [0.1, 0.15) is 18.5 Å². The molecule has 0 aromatic heterocycles. The average Bonchev–Trinajstić information content (AvgIpc) is 2.60. The lowest BCUT2D eigenvalue weighted by Crippen LogP contribution is -2.45. The maximum Gasteiger partial charge on any atom is 0.338 e. The van der Waals surface area contributed by atoms with Crippen LogP contribution < -0.4 is 20.1 Å². The van der Waals surface area contributed by atoms with E-state index < -0.39 is 12.0 Å². The molecule has 2 amide bonds. The summed E-state index contributed by atoms with van der Waals surface area (Å²) in [6.07, 6.45) is 1.94. The molecule has 0 saturated heterocycles. The van der Waals surface area contributed by atoms with Gasteiger partial charge >= 0.3 is 12.0 Å². The standard InChI is InChI=1S/C17H22N2O5S/c1-10-14(16(20)24-7-8-25-4)15(19-17(21)18-10)11-5-6-12(22-2)13(9-11)23-3/h5-6,9,15H,7-8H2,1-4H3,(H2,18,19,21)/t15-/m0/s1. The highest BCUT2D eigenvalue weighted by Gasteiger charge is 2.32. The number of rotatable bonds is 7. The van der Waals surface area contributed by atoms with Gasteiger partial charge in [-0.1, -0.05) is 6.07 Å². The van der Waals surface area contributed by atoms with Crippen LogP contribution in [-0.4, -0.2) is 44.8 Å². The summed E-state index contributed by atoms with van der Waals surface area (Å²) in [5.74, 6) is 1.33. The number of amides is 2. The van der Waals surface area contributed by atoms with Gasteiger partial charge in [-0.15, -0.1) is 0 Å². The van der Waals surface area contributed by atoms with Gasteiger partial charge in [-0.3, -0.25) is 0 Å². The van der Waals surface area contributed by atoms with Gasteiger partial charge in [0, 0.05) is 11.4 Å². The number of allylic oxidation sites excluding steroid dienone is 1. The summed E-state index contributed by atoms with van der Waals surface area (Å²) in [7, 11) is 3.07. The van der Waals surface area contributed by atoms with E-state index >= 15 is 0 Å². The first-order chi connectivity index (χ1) is 12.0. The Balaban J connectivity index is 2.37. The van der Waals surface area contributed by atoms with Gasteiger partial charge < -0.3 is 24.8 Å². The molecule has 0 spiro atoms. The van der Waals surface area contributed by atoms with Crippen molar-refractivity contribution >= 4 is 23.8 Å². The van der Waals surface area contributed by atoms with Gasteiger partial charge in [-0.25, -0.2) is 9.59 Å². The molecule has 136 valence electrons. The molecule has 1 aromatic rings. The summed E-state index contributed by atoms with van der Waals surface area (Å²) in [4.78, 5) is 24.4. The van der Waals surface area contributed by atoms with Crippen LogP contribution in [0.25, 0.3) is 0 Å². The molecule has 25 heavy (non-hydrogen) atoms. The Kier molecular flexibility index (Phi) is 6.58. The molecule has 0 fully saturated rings. The molecule has 0 bridgehead atoms. The van der Waals surface area contributed by atoms with Crippen LogP contribution in [0.4, 0.5) is 4.79 Å². The van der Waals surface area contributed by atoms with E-state index in [1.54, 1.807) is 44.0 Å². The highest BCUT2D eigenvalue weighted by atomic mass is 32.2. The predicted molar refractivity (Wildman–Crippen MR) is 96.0 cm³/mol. The molecule has 1 aliphatic rings. The number of methoxy groups -OCH3 is 2. The molecular formula is C17H22N2O5S. The van der Waals surface area contributed by atoms with Gasteiger partial charge in [-0.05, 0) is 30.9 Å². The largest absolute Gasteiger partial charge is 0.493 e. The number of esters is 1. The third kappa shape index (κ3) is 4.39. The molecule has 0 saturated carbocycles. The zero-order chi connectivity index (χ0) is 18.4. The second kappa shape index (κ2) is 8.66. The lowest BCUT2D eigenvalue weighted by molar-refractivity contribution is -0.138. The minimum absolute atomic E-state index is 0.309. The highest BCUT2D eigenvalue weighted by molar-refractivity contribution is 7.98. The van der Waals surface area contributed by atoms with Crippen LogP contribution in [-0.2, 0) is 9.53 Å². The number of thioether (sulfide) groups is 1. The fraction of sp³-hybridized carbons (Fsp3) is 0.412. The number of carbonyl (C=O) groups excluding carboxylic acids is 2. The highest BCUT2D eigenvalue weighted by Crippen LogP contribution is 2.34. The van der Waals surface area contributed by atoms with E-state index in [-0.39, 0.29) is 6.03 Å². The van der Waals surface area contributed by atoms with E-state index in [1.165, 1.54) is 7.11 Å². The normalized spacial score (nSPS) is 16.8. The quantitative estimate of drug-likeness (QED) is 0.569. The van der Waals surface area contributed by atoms with Crippen molar-refractivity contribution in [1.29, 1.82) is 0 Å². The number of hydrogen-bond acceptors (Lipinski definition) is 6. The molecule has 7 nitrogen and oxygen atoms in total. The number of benzene rings is 1. The Labute approximate surface area is 151 Å². The first kappa shape index (κ1) is 19.0. The van der Waals surface area contributed by atoms with Crippen molar-refractivity contribution in [3.8, 4) is 11.5 Å². The molecule has 0 radical (unpaired) electrons. The summed E-state index contributed by atoms with van der Waals surface area (Å²) in [5, 5.41) is 5.38. The molecule has 1 heterocycles. The second-order valence-corrected chi connectivity index (χ2v) is 6.30. The smallest absolute Gasteiger partial charge is 0.338 e. The molecule has 2 N–H and O–H groups in total. The second-order valence-electron chi connectivity index (χ2n) is 5.31. The summed E-state index contributed by atoms with van der Waals surface area (Å²) >= 11 is 1.59. The van der Waals surface area contributed by atoms with Crippen LogP contribution >= 0.6 is 11.8 Å². The Morgan fingerprint density at radius 3 is 2.60 bits per heavy atom. The molecule has 0 unspecified atom stereocenters. The molecule has 1 aliphatic heterocycles. The summed E-state index contributed by atoms with van der Waals surface area (Å²) in [5.41, 5.74) is 1.54. The van der Waals surface area contributed by atoms with E-state index in [0.29, 0.717) is 40.7 Å². The Morgan fingerprint density at radius 2 is 1.96 bits per heavy atom. The zero-order valence-electron chi connectivity index (χ0n) is 14.7. The predicted octanol–water partition coefficient (Wildman–Crippen LogP) is 2.24. The van der Waals surface area contributed by atoms with Gasteiger partial charge in [0.25, 0.3) is 0 Å². The van der Waals surface area contributed by atoms with Gasteiger partial charge in [0.05, 0.1) is 25.8 Å². The molecule has 2 rings (SSSR count). The summed E-state index contributed by atoms with van der Waals surface area (Å²) in [6, 6.07) is 4.24. The Hall–Kier alpha value is -2.35. The Morgan fingerprint density at radius 1 is 1.24 bits per heavy atom. The van der Waals surface area contributed by atoms with Crippen molar-refractivity contribution in [3.63, 3.8) is 0 Å². The van der Waals surface area contributed by atoms with E-state index in [0.717, 1.165) is 0 Å². The minimum atomic E-state index is -0.629. The van der Waals surface area contributed by atoms with Gasteiger partial charge in [-0.2, -0.15) is 11.8 Å². The van der Waals surface area contributed by atoms with Crippen molar-refractivity contribution in [2.45, 2.75) is 13.0 Å². The number of ether oxygens (including phenoxy) is 3. The number of urea groups is 1. The lowest BCUT2D eigenvalue weighted by atomic mass is 9.95. The van der Waals surface area contributed by atoms with Crippen LogP contribution in [0.5, 0.6) is 11.5 Å². The van der Waals surface area contributed by atoms with Gasteiger partial charge in [0.15, 0.2) is 11.5 Å². The molecule has 8 heteroatoms. The average molecular weight is 366 g/mol. The molecule has 1 atom stereocenters. The van der Waals surface area contributed by atoms with E-state index in [9.17, 15) is 9.59 Å². The molecular weight excluding hydrogens is 344 g/mol. The SMILES string of the molecule is COc1ccc([C@@H]2NC(=O)NC(C)=C2C(=O)OCCSC)cc1OC. The van der Waals surface area contributed by atoms with Crippen molar-refractivity contribution in [1.82, 2.24) is 10.6 Å². The van der Waals surface area contributed by atoms with E-state index in [4.69, 9.17) is 14.2 Å². The van der Waals surface area contributed by atoms with E-state index in [2.05, 4.69) is 10.6 Å². The lowest BCUT2D eigenvalue weighted by Gasteiger charge is -2.28. The van der Waals surface area contributed by atoms with Crippen LogP contribution in [0.3, 0.4) is 0 Å². The van der Waals surface area contributed by atoms with E-state index in [1.807, 2.05) is 6.26 Å². The molecule has 0 aliphatic carbocycles. The fourth-order valence-electron chi connectivity index (χ4n) is 2.54. The van der Waals surface area contributed by atoms with Crippen LogP contribution in [0.15, 0.2) is 29.5 Å². The topological polar surface area (TPSA) is 85.9 Å². The van der Waals surface area contributed by atoms with Gasteiger partial charge in [0.1, 0.15) is 6.61 Å². The number of nitrogens with one attached hydrogen (secondary N) is 2.